The number of amides is 6. The molecule has 2 atom stereocenters. The smallest absolute Gasteiger partial charge is 0.407 e. The second-order valence-electron chi connectivity index (χ2n) is 13.3. The number of nitrogens with zero attached hydrogens (tertiary/aromatic N) is 4. The number of nitrogens with one attached hydrogen (secondary N) is 3. The van der Waals surface area contributed by atoms with Crippen molar-refractivity contribution < 1.29 is 46.7 Å². The number of aromatic nitrogens is 2. The van der Waals surface area contributed by atoms with E-state index in [4.69, 9.17) is 15.2 Å². The van der Waals surface area contributed by atoms with E-state index in [0.29, 0.717) is 62.6 Å². The molecule has 3 aromatic rings. The summed E-state index contributed by atoms with van der Waals surface area (Å²) in [4.78, 5) is 86.1. The molecular formula is C36H40N8O10S. The van der Waals surface area contributed by atoms with Crippen LogP contribution in [0, 0.1) is 0 Å². The molecule has 1 aromatic heterocycles. The van der Waals surface area contributed by atoms with E-state index >= 15 is 0 Å². The first-order valence-corrected chi connectivity index (χ1v) is 19.6. The van der Waals surface area contributed by atoms with Crippen LogP contribution in [0.1, 0.15) is 76.2 Å². The van der Waals surface area contributed by atoms with E-state index in [-0.39, 0.29) is 53.0 Å². The Morgan fingerprint density at radius 1 is 0.982 bits per heavy atom. The highest BCUT2D eigenvalue weighted by Crippen LogP contribution is 2.30. The molecule has 1 unspecified atom stereocenters. The van der Waals surface area contributed by atoms with Gasteiger partial charge in [0.1, 0.15) is 17.6 Å². The van der Waals surface area contributed by atoms with Crippen molar-refractivity contribution in [2.24, 2.45) is 5.73 Å². The highest BCUT2D eigenvalue weighted by molar-refractivity contribution is 7.90. The average Bonchev–Trinajstić information content (AvgIpc) is 3.39. The molecule has 0 bridgehead atoms. The summed E-state index contributed by atoms with van der Waals surface area (Å²) in [6.45, 7) is 1.55. The van der Waals surface area contributed by atoms with Crippen molar-refractivity contribution in [2.45, 2.75) is 61.9 Å². The summed E-state index contributed by atoms with van der Waals surface area (Å²) in [7, 11) is -3.39. The summed E-state index contributed by atoms with van der Waals surface area (Å²) in [6, 6.07) is 9.22. The maximum absolute atomic E-state index is 13.0. The Balaban J connectivity index is 0.921. The maximum atomic E-state index is 13.0. The fourth-order valence-electron chi connectivity index (χ4n) is 6.51. The lowest BCUT2D eigenvalue weighted by Crippen LogP contribution is -2.54. The molecular weight excluding hydrogens is 737 g/mol. The van der Waals surface area contributed by atoms with Crippen LogP contribution in [0.5, 0.6) is 5.75 Å². The first-order valence-electron chi connectivity index (χ1n) is 17.7. The summed E-state index contributed by atoms with van der Waals surface area (Å²) in [5.74, 6) is -2.14. The Labute approximate surface area is 316 Å². The van der Waals surface area contributed by atoms with E-state index in [1.807, 2.05) is 4.90 Å². The zero-order chi connectivity index (χ0) is 39.3. The van der Waals surface area contributed by atoms with Crippen molar-refractivity contribution in [2.75, 3.05) is 42.8 Å². The van der Waals surface area contributed by atoms with Gasteiger partial charge in [-0.25, -0.2) is 23.2 Å². The Morgan fingerprint density at radius 2 is 1.73 bits per heavy atom. The van der Waals surface area contributed by atoms with Gasteiger partial charge in [-0.2, -0.15) is 0 Å². The van der Waals surface area contributed by atoms with Gasteiger partial charge in [-0.05, 0) is 81.0 Å². The number of primary amides is 1. The van der Waals surface area contributed by atoms with Crippen LogP contribution in [0.15, 0.2) is 53.6 Å². The van der Waals surface area contributed by atoms with Crippen molar-refractivity contribution in [1.29, 1.82) is 0 Å². The third-order valence-electron chi connectivity index (χ3n) is 9.31. The molecule has 4 heterocycles. The van der Waals surface area contributed by atoms with Crippen molar-refractivity contribution in [3.8, 4) is 5.75 Å². The van der Waals surface area contributed by atoms with Crippen LogP contribution in [0.25, 0.3) is 0 Å². The molecule has 290 valence electrons. The predicted octanol–water partition coefficient (Wildman–Crippen LogP) is 2.07. The van der Waals surface area contributed by atoms with Crippen LogP contribution >= 0.6 is 0 Å². The molecule has 5 N–H and O–H groups in total. The van der Waals surface area contributed by atoms with E-state index in [1.165, 1.54) is 30.5 Å². The van der Waals surface area contributed by atoms with Crippen molar-refractivity contribution in [3.63, 3.8) is 0 Å². The van der Waals surface area contributed by atoms with Gasteiger partial charge in [0, 0.05) is 37.5 Å². The van der Waals surface area contributed by atoms with Gasteiger partial charge in [0.15, 0.2) is 21.3 Å². The molecule has 3 aliphatic heterocycles. The van der Waals surface area contributed by atoms with Gasteiger partial charge in [0.2, 0.25) is 11.8 Å². The van der Waals surface area contributed by atoms with Crippen LogP contribution in [0.2, 0.25) is 0 Å². The number of benzene rings is 2. The number of sulfone groups is 1. The lowest BCUT2D eigenvalue weighted by molar-refractivity contribution is -0.136. The number of carbonyl (C=O) groups is 6. The monoisotopic (exact) mass is 776 g/mol. The number of unbranched alkanes of at least 4 members (excludes halogenated alkanes) is 2. The largest absolute Gasteiger partial charge is 0.494 e. The summed E-state index contributed by atoms with van der Waals surface area (Å²) >= 11 is 0. The number of fused-ring (bicyclic) bond motifs is 1. The van der Waals surface area contributed by atoms with Crippen LogP contribution in [-0.2, 0) is 24.2 Å². The summed E-state index contributed by atoms with van der Waals surface area (Å²) in [5.41, 5.74) is 6.23. The first kappa shape index (κ1) is 38.6. The minimum atomic E-state index is -3.39. The molecule has 0 aliphatic carbocycles. The van der Waals surface area contributed by atoms with E-state index in [0.717, 1.165) is 17.6 Å². The molecule has 2 fully saturated rings. The van der Waals surface area contributed by atoms with E-state index in [1.54, 1.807) is 18.2 Å². The van der Waals surface area contributed by atoms with E-state index in [2.05, 4.69) is 25.9 Å². The lowest BCUT2D eigenvalue weighted by Gasteiger charge is -2.33. The lowest BCUT2D eigenvalue weighted by atomic mass is 10.0. The Kier molecular flexibility index (Phi) is 11.6. The van der Waals surface area contributed by atoms with Crippen LogP contribution < -0.4 is 31.3 Å². The molecule has 18 nitrogen and oxygen atoms in total. The Morgan fingerprint density at radius 3 is 2.45 bits per heavy atom. The number of hydrogen-bond donors (Lipinski definition) is 4. The minimum Gasteiger partial charge on any atom is -0.494 e. The molecule has 6 rings (SSSR count). The number of alkyl carbamates (subject to hydrolysis) is 1. The highest BCUT2D eigenvalue weighted by Gasteiger charge is 2.44. The number of nitrogens with two attached hydrogens (primary N) is 1. The second kappa shape index (κ2) is 16.5. The zero-order valence-corrected chi connectivity index (χ0v) is 30.7. The molecule has 6 amide bonds. The minimum absolute atomic E-state index is 0.0393. The molecule has 3 aliphatic rings. The van der Waals surface area contributed by atoms with Gasteiger partial charge in [0.25, 0.3) is 17.7 Å². The third-order valence-corrected chi connectivity index (χ3v) is 10.4. The predicted molar refractivity (Wildman–Crippen MR) is 196 cm³/mol. The summed E-state index contributed by atoms with van der Waals surface area (Å²) in [6.07, 6.45) is 5.46. The van der Waals surface area contributed by atoms with Crippen LogP contribution in [0.4, 0.5) is 22.1 Å². The van der Waals surface area contributed by atoms with E-state index < -0.39 is 51.5 Å². The van der Waals surface area contributed by atoms with Gasteiger partial charge < -0.3 is 30.7 Å². The molecule has 0 radical (unpaired) electrons. The number of piperidine rings is 2. The molecule has 0 spiro atoms. The van der Waals surface area contributed by atoms with Crippen molar-refractivity contribution in [3.05, 3.63) is 65.5 Å². The number of ether oxygens (including phenoxy) is 2. The highest BCUT2D eigenvalue weighted by atomic mass is 32.2. The van der Waals surface area contributed by atoms with Gasteiger partial charge in [-0.3, -0.25) is 34.2 Å². The standard InChI is InChI=1S/C36H40N8O10S/c1-55(51,52)24-10-7-21(8-11-24)39-32-30(31(37)46)38-19-28(41-32)43-15-5-6-22(20-43)40-36(50)54-17-4-2-3-16-53-23-9-12-25-26(18-23)35(49)44(34(25)48)27-13-14-29(45)42-33(27)47/h7-12,18-19,22,27H,2-6,13-17,20H2,1H3,(H2,37,46)(H,39,41)(H,40,50)(H,42,45,47)/t22-,27?/m1/s1. The van der Waals surface area contributed by atoms with Gasteiger partial charge in [-0.15, -0.1) is 0 Å². The van der Waals surface area contributed by atoms with Crippen molar-refractivity contribution in [1.82, 2.24) is 25.5 Å². The average molecular weight is 777 g/mol. The third kappa shape index (κ3) is 9.17. The molecule has 2 aromatic carbocycles. The van der Waals surface area contributed by atoms with Gasteiger partial charge in [0.05, 0.1) is 35.4 Å². The fourth-order valence-corrected chi connectivity index (χ4v) is 7.14. The molecule has 2 saturated heterocycles. The Bertz CT molecular complexity index is 2130. The van der Waals surface area contributed by atoms with Crippen LogP contribution in [-0.4, -0.2) is 104 Å². The topological polar surface area (TPSA) is 249 Å². The normalized spacial score (nSPS) is 18.4. The number of carbonyl (C=O) groups excluding carboxylic acids is 6. The SMILES string of the molecule is CS(=O)(=O)c1ccc(Nc2nc(N3CCC[C@@H](NC(=O)OCCCCCOc4ccc5c(c4)C(=O)N(C4CCC(=O)NC4=O)C5=O)C3)cnc2C(N)=O)cc1. The first-order chi connectivity index (χ1) is 26.3. The molecule has 0 saturated carbocycles. The fraction of sp³-hybridized carbons (Fsp3) is 0.389. The van der Waals surface area contributed by atoms with Crippen LogP contribution in [0.3, 0.4) is 0 Å². The molecule has 19 heteroatoms. The number of rotatable bonds is 14. The maximum Gasteiger partial charge on any atom is 0.407 e. The van der Waals surface area contributed by atoms with Gasteiger partial charge >= 0.3 is 6.09 Å². The second-order valence-corrected chi connectivity index (χ2v) is 15.4. The quantitative estimate of drug-likeness (QED) is 0.135. The van der Waals surface area contributed by atoms with E-state index in [9.17, 15) is 37.2 Å². The molecule has 55 heavy (non-hydrogen) atoms. The summed E-state index contributed by atoms with van der Waals surface area (Å²) < 4.78 is 34.8. The number of hydrogen-bond acceptors (Lipinski definition) is 14. The number of anilines is 3. The zero-order valence-electron chi connectivity index (χ0n) is 29.9. The Hall–Kier alpha value is -6.11. The van der Waals surface area contributed by atoms with Crippen molar-refractivity contribution >= 4 is 62.8 Å². The number of imide groups is 2. The summed E-state index contributed by atoms with van der Waals surface area (Å²) in [5, 5.41) is 8.06. The van der Waals surface area contributed by atoms with Gasteiger partial charge in [-0.1, -0.05) is 0 Å².